The standard InChI is InChI=1S/C21H40N2O6.K/c1-4-5-6-7-8-19(25)22-11-14-23(15-16-24,12-9-17(2)20(26)27)13-10-18(3)21(28)29;/h17-18,24H,4-16H2,1-3H3,(H2-,22,25,26,27,28,29);/q;+1. The van der Waals surface area contributed by atoms with Crippen molar-refractivity contribution in [3.05, 3.63) is 0 Å². The second-order valence-corrected chi connectivity index (χ2v) is 8.16. The Labute approximate surface area is 223 Å². The maximum atomic E-state index is 12.0. The molecule has 0 fully saturated rings. The summed E-state index contributed by atoms with van der Waals surface area (Å²) in [4.78, 5) is 34.3. The van der Waals surface area contributed by atoms with Crippen LogP contribution in [0.5, 0.6) is 0 Å². The Bertz CT molecular complexity index is 480. The zero-order valence-corrected chi connectivity index (χ0v) is 22.4. The Balaban J connectivity index is 0. The molecule has 0 aliphatic rings. The second kappa shape index (κ2) is 18.5. The summed E-state index contributed by atoms with van der Waals surface area (Å²) in [6.45, 7) is 7.55. The Morgan fingerprint density at radius 2 is 1.57 bits per heavy atom. The summed E-state index contributed by atoms with van der Waals surface area (Å²) in [6, 6.07) is 0. The number of unbranched alkanes of at least 4 members (excludes halogenated alkanes) is 3. The number of rotatable bonds is 18. The van der Waals surface area contributed by atoms with Gasteiger partial charge in [-0.2, -0.15) is 0 Å². The molecule has 0 bridgehead atoms. The van der Waals surface area contributed by atoms with Gasteiger partial charge in [-0.05, 0) is 6.42 Å². The van der Waals surface area contributed by atoms with Gasteiger partial charge in [0, 0.05) is 31.1 Å². The molecule has 0 aliphatic carbocycles. The molecule has 170 valence electrons. The van der Waals surface area contributed by atoms with Crippen molar-refractivity contribution in [2.75, 3.05) is 39.3 Å². The molecule has 1 amide bonds. The van der Waals surface area contributed by atoms with Crippen LogP contribution in [-0.2, 0) is 14.4 Å². The fraction of sp³-hybridized carbons (Fsp3) is 0.857. The minimum Gasteiger partial charge on any atom is -0.550 e. The van der Waals surface area contributed by atoms with Crippen LogP contribution in [0.2, 0.25) is 0 Å². The molecular formula is C21H40KN2O6+. The topological polar surface area (TPSA) is 127 Å². The van der Waals surface area contributed by atoms with Crippen LogP contribution in [0.4, 0.5) is 0 Å². The number of aliphatic hydroxyl groups excluding tert-OH is 1. The van der Waals surface area contributed by atoms with E-state index in [9.17, 15) is 24.6 Å². The van der Waals surface area contributed by atoms with Crippen molar-refractivity contribution in [2.45, 2.75) is 65.7 Å². The number of carboxylic acids is 2. The summed E-state index contributed by atoms with van der Waals surface area (Å²) >= 11 is 0. The minimum atomic E-state index is -1.12. The van der Waals surface area contributed by atoms with E-state index in [0.29, 0.717) is 56.5 Å². The molecule has 0 aromatic heterocycles. The van der Waals surface area contributed by atoms with Gasteiger partial charge in [0.05, 0.1) is 38.7 Å². The average Bonchev–Trinajstić information content (AvgIpc) is 2.67. The van der Waals surface area contributed by atoms with Crippen molar-refractivity contribution in [3.63, 3.8) is 0 Å². The molecule has 0 radical (unpaired) electrons. The number of aliphatic hydroxyl groups is 1. The normalized spacial score (nSPS) is 14.8. The molecule has 0 spiro atoms. The molecule has 30 heavy (non-hydrogen) atoms. The number of hydrogen-bond acceptors (Lipinski definition) is 5. The van der Waals surface area contributed by atoms with Crippen LogP contribution >= 0.6 is 0 Å². The first kappa shape index (κ1) is 32.1. The fourth-order valence-electron chi connectivity index (χ4n) is 3.29. The van der Waals surface area contributed by atoms with Gasteiger partial charge in [-0.15, -0.1) is 0 Å². The largest absolute Gasteiger partial charge is 1.00 e. The molecule has 3 unspecified atom stereocenters. The first-order valence-electron chi connectivity index (χ1n) is 10.8. The number of hydrogen-bond donors (Lipinski definition) is 3. The van der Waals surface area contributed by atoms with Crippen molar-refractivity contribution >= 4 is 17.8 Å². The summed E-state index contributed by atoms with van der Waals surface area (Å²) in [5.41, 5.74) is 0. The van der Waals surface area contributed by atoms with Crippen LogP contribution in [0.15, 0.2) is 0 Å². The van der Waals surface area contributed by atoms with Gasteiger partial charge in [-0.3, -0.25) is 9.59 Å². The van der Waals surface area contributed by atoms with E-state index in [0.717, 1.165) is 25.7 Å². The van der Waals surface area contributed by atoms with Crippen LogP contribution < -0.4 is 61.8 Å². The second-order valence-electron chi connectivity index (χ2n) is 8.16. The Hall–Kier alpha value is -0.0336. The summed E-state index contributed by atoms with van der Waals surface area (Å²) in [6.07, 6.45) is 5.38. The predicted octanol–water partition coefficient (Wildman–Crippen LogP) is -2.23. The third kappa shape index (κ3) is 14.9. The van der Waals surface area contributed by atoms with E-state index >= 15 is 0 Å². The summed E-state index contributed by atoms with van der Waals surface area (Å²) in [5.74, 6) is -3.17. The van der Waals surface area contributed by atoms with Crippen LogP contribution in [0.1, 0.15) is 65.7 Å². The molecule has 0 aliphatic heterocycles. The van der Waals surface area contributed by atoms with E-state index in [1.807, 2.05) is 0 Å². The van der Waals surface area contributed by atoms with E-state index in [1.54, 1.807) is 13.8 Å². The molecule has 0 heterocycles. The van der Waals surface area contributed by atoms with Crippen LogP contribution in [-0.4, -0.2) is 71.9 Å². The van der Waals surface area contributed by atoms with Gasteiger partial charge < -0.3 is 29.9 Å². The van der Waals surface area contributed by atoms with Crippen LogP contribution in [0.25, 0.3) is 0 Å². The van der Waals surface area contributed by atoms with Gasteiger partial charge in [-0.25, -0.2) is 0 Å². The summed E-state index contributed by atoms with van der Waals surface area (Å²) in [7, 11) is 0. The summed E-state index contributed by atoms with van der Waals surface area (Å²) in [5, 5.41) is 32.7. The maximum Gasteiger partial charge on any atom is 1.00 e. The molecular weight excluding hydrogens is 415 g/mol. The number of amides is 1. The minimum absolute atomic E-state index is 0. The number of nitrogens with one attached hydrogen (secondary N) is 1. The first-order chi connectivity index (χ1) is 13.7. The van der Waals surface area contributed by atoms with Crippen molar-refractivity contribution in [3.8, 4) is 0 Å². The van der Waals surface area contributed by atoms with Crippen molar-refractivity contribution in [1.29, 1.82) is 0 Å². The monoisotopic (exact) mass is 455 g/mol. The maximum absolute atomic E-state index is 12.0. The fourth-order valence-corrected chi connectivity index (χ4v) is 3.29. The van der Waals surface area contributed by atoms with Crippen LogP contribution in [0.3, 0.4) is 0 Å². The van der Waals surface area contributed by atoms with E-state index in [4.69, 9.17) is 5.11 Å². The van der Waals surface area contributed by atoms with Gasteiger partial charge in [-0.1, -0.05) is 40.0 Å². The average molecular weight is 456 g/mol. The zero-order valence-electron chi connectivity index (χ0n) is 19.3. The molecule has 9 heteroatoms. The van der Waals surface area contributed by atoms with E-state index in [-0.39, 0.29) is 63.9 Å². The number of carbonyl (C=O) groups excluding carboxylic acids is 2. The molecule has 0 aromatic rings. The molecule has 0 rings (SSSR count). The van der Waals surface area contributed by atoms with Gasteiger partial charge in [0.2, 0.25) is 5.91 Å². The quantitative estimate of drug-likeness (QED) is 0.122. The van der Waals surface area contributed by atoms with E-state index in [1.165, 1.54) is 0 Å². The molecule has 3 N–H and O–H groups in total. The SMILES string of the molecule is CCCCCCC(=O)NCC[N+](CCO)(CCC(C)C(=O)[O-])CCC(C)C(=O)O.[K+]. The van der Waals surface area contributed by atoms with Gasteiger partial charge >= 0.3 is 57.4 Å². The van der Waals surface area contributed by atoms with E-state index < -0.39 is 23.8 Å². The molecule has 0 aromatic carbocycles. The Morgan fingerprint density at radius 3 is 2.07 bits per heavy atom. The number of aliphatic carboxylic acids is 2. The number of nitrogens with zero attached hydrogens (tertiary/aromatic N) is 1. The predicted molar refractivity (Wildman–Crippen MR) is 109 cm³/mol. The first-order valence-corrected chi connectivity index (χ1v) is 10.8. The van der Waals surface area contributed by atoms with Crippen LogP contribution in [0, 0.1) is 11.8 Å². The number of quaternary nitrogens is 1. The molecule has 0 saturated carbocycles. The smallest absolute Gasteiger partial charge is 0.550 e. The number of carboxylic acid groups (broad SMARTS) is 2. The Morgan fingerprint density at radius 1 is 0.967 bits per heavy atom. The summed E-state index contributed by atoms with van der Waals surface area (Å²) < 4.78 is 0.377. The van der Waals surface area contributed by atoms with Gasteiger partial charge in [0.1, 0.15) is 6.54 Å². The van der Waals surface area contributed by atoms with Crippen molar-refractivity contribution < 1.29 is 85.6 Å². The van der Waals surface area contributed by atoms with Crippen molar-refractivity contribution in [1.82, 2.24) is 5.32 Å². The molecule has 3 atom stereocenters. The number of carbonyl (C=O) groups is 3. The molecule has 8 nitrogen and oxygen atoms in total. The Kier molecular flexibility index (Phi) is 19.9. The van der Waals surface area contributed by atoms with Crippen molar-refractivity contribution in [2.24, 2.45) is 11.8 Å². The zero-order chi connectivity index (χ0) is 22.3. The van der Waals surface area contributed by atoms with Gasteiger partial charge in [0.15, 0.2) is 0 Å². The van der Waals surface area contributed by atoms with E-state index in [2.05, 4.69) is 12.2 Å². The third-order valence-corrected chi connectivity index (χ3v) is 5.64. The third-order valence-electron chi connectivity index (χ3n) is 5.64. The van der Waals surface area contributed by atoms with Gasteiger partial charge in [0.25, 0.3) is 0 Å². The molecule has 0 saturated heterocycles.